The first-order valence-electron chi connectivity index (χ1n) is 11.7. The highest BCUT2D eigenvalue weighted by Gasteiger charge is 2.21. The van der Waals surface area contributed by atoms with E-state index in [4.69, 9.17) is 0 Å². The number of amides is 4. The number of nitrogens with one attached hydrogen (secondary N) is 4. The van der Waals surface area contributed by atoms with E-state index >= 15 is 0 Å². The highest BCUT2D eigenvalue weighted by Crippen LogP contribution is 2.17. The van der Waals surface area contributed by atoms with Crippen LogP contribution in [0.1, 0.15) is 89.9 Å². The zero-order valence-corrected chi connectivity index (χ0v) is 18.1. The lowest BCUT2D eigenvalue weighted by Gasteiger charge is -2.22. The van der Waals surface area contributed by atoms with Gasteiger partial charge in [0.1, 0.15) is 0 Å². The van der Waals surface area contributed by atoms with Crippen LogP contribution in [-0.4, -0.2) is 48.8 Å². The molecule has 8 heteroatoms. The third-order valence-electron chi connectivity index (χ3n) is 5.97. The second kappa shape index (κ2) is 14.0. The zero-order chi connectivity index (χ0) is 21.6. The van der Waals surface area contributed by atoms with E-state index in [0.717, 1.165) is 77.0 Å². The van der Waals surface area contributed by atoms with E-state index in [-0.39, 0.29) is 12.1 Å². The Morgan fingerprint density at radius 2 is 0.867 bits per heavy atom. The molecule has 0 atom stereocenters. The van der Waals surface area contributed by atoms with Crippen LogP contribution >= 0.6 is 0 Å². The number of unbranched alkanes of at least 4 members (excludes halogenated alkanes) is 3. The number of hydrogen-bond acceptors (Lipinski definition) is 4. The molecular weight excluding hydrogens is 384 g/mol. The first-order chi connectivity index (χ1) is 14.6. The molecule has 0 aromatic carbocycles. The molecule has 0 bridgehead atoms. The summed E-state index contributed by atoms with van der Waals surface area (Å²) < 4.78 is 0. The summed E-state index contributed by atoms with van der Waals surface area (Å²) in [6.07, 6.45) is 14.0. The molecule has 0 aliphatic heterocycles. The van der Waals surface area contributed by atoms with E-state index in [1.807, 2.05) is 0 Å². The Morgan fingerprint density at radius 3 is 1.23 bits per heavy atom. The average molecular weight is 423 g/mol. The Balaban J connectivity index is 1.42. The van der Waals surface area contributed by atoms with Gasteiger partial charge in [-0.05, 0) is 38.5 Å². The van der Waals surface area contributed by atoms with Crippen molar-refractivity contribution in [2.45, 2.75) is 102 Å². The van der Waals surface area contributed by atoms with Crippen molar-refractivity contribution in [3.05, 3.63) is 0 Å². The van der Waals surface area contributed by atoms with Crippen molar-refractivity contribution in [3.63, 3.8) is 0 Å². The maximum Gasteiger partial charge on any atom is 0.309 e. The monoisotopic (exact) mass is 422 g/mol. The normalized spacial score (nSPS) is 17.7. The number of rotatable bonds is 9. The molecule has 2 aliphatic rings. The van der Waals surface area contributed by atoms with Crippen LogP contribution in [0.3, 0.4) is 0 Å². The topological polar surface area (TPSA) is 116 Å². The second-order valence-electron chi connectivity index (χ2n) is 8.54. The van der Waals surface area contributed by atoms with Crippen molar-refractivity contribution >= 4 is 23.6 Å². The third kappa shape index (κ3) is 9.59. The van der Waals surface area contributed by atoms with Crippen molar-refractivity contribution in [2.24, 2.45) is 0 Å². The quantitative estimate of drug-likeness (QED) is 0.334. The van der Waals surface area contributed by atoms with Crippen LogP contribution in [0.15, 0.2) is 0 Å². The van der Waals surface area contributed by atoms with Gasteiger partial charge in [0.25, 0.3) is 0 Å². The van der Waals surface area contributed by atoms with Crippen LogP contribution in [0.5, 0.6) is 0 Å². The van der Waals surface area contributed by atoms with Crippen LogP contribution in [0.4, 0.5) is 0 Å². The van der Waals surface area contributed by atoms with Gasteiger partial charge in [0.05, 0.1) is 0 Å². The van der Waals surface area contributed by atoms with Gasteiger partial charge in [-0.2, -0.15) is 0 Å². The van der Waals surface area contributed by atoms with E-state index in [9.17, 15) is 19.2 Å². The fourth-order valence-corrected chi connectivity index (χ4v) is 4.16. The summed E-state index contributed by atoms with van der Waals surface area (Å²) in [4.78, 5) is 47.4. The summed E-state index contributed by atoms with van der Waals surface area (Å²) in [6.45, 7) is 0.931. The molecule has 0 radical (unpaired) electrons. The molecule has 0 heterocycles. The molecule has 0 spiro atoms. The van der Waals surface area contributed by atoms with Gasteiger partial charge in [0, 0.05) is 25.2 Å². The molecule has 0 aromatic heterocycles. The molecular formula is C22H38N4O4. The van der Waals surface area contributed by atoms with Crippen molar-refractivity contribution in [2.75, 3.05) is 13.1 Å². The van der Waals surface area contributed by atoms with Crippen molar-refractivity contribution in [1.29, 1.82) is 0 Å². The molecule has 2 fully saturated rings. The lowest BCUT2D eigenvalue weighted by atomic mass is 9.95. The molecule has 30 heavy (non-hydrogen) atoms. The minimum atomic E-state index is -0.559. The Labute approximate surface area is 179 Å². The number of carbonyl (C=O) groups excluding carboxylic acids is 4. The second-order valence-corrected chi connectivity index (χ2v) is 8.54. The van der Waals surface area contributed by atoms with Crippen molar-refractivity contribution in [1.82, 2.24) is 21.3 Å². The van der Waals surface area contributed by atoms with Crippen LogP contribution in [0.2, 0.25) is 0 Å². The van der Waals surface area contributed by atoms with Gasteiger partial charge in [-0.15, -0.1) is 0 Å². The van der Waals surface area contributed by atoms with Crippen LogP contribution in [0, 0.1) is 0 Å². The molecule has 170 valence electrons. The Kier molecular flexibility index (Phi) is 11.3. The van der Waals surface area contributed by atoms with Gasteiger partial charge >= 0.3 is 23.6 Å². The lowest BCUT2D eigenvalue weighted by Crippen LogP contribution is -2.45. The minimum Gasteiger partial charge on any atom is -0.348 e. The van der Waals surface area contributed by atoms with Gasteiger partial charge in [-0.25, -0.2) is 0 Å². The zero-order valence-electron chi connectivity index (χ0n) is 18.1. The summed E-state index contributed by atoms with van der Waals surface area (Å²) in [7, 11) is 0. The Morgan fingerprint density at radius 1 is 0.500 bits per heavy atom. The first kappa shape index (κ1) is 24.2. The fourth-order valence-electron chi connectivity index (χ4n) is 4.16. The lowest BCUT2D eigenvalue weighted by molar-refractivity contribution is -0.139. The van der Waals surface area contributed by atoms with Gasteiger partial charge < -0.3 is 21.3 Å². The standard InChI is InChI=1S/C22H38N4O4/c27-19(21(29)25-17-11-5-3-6-12-17)23-15-9-1-2-10-16-24-20(28)22(30)26-18-13-7-4-8-14-18/h17-18H,1-16H2,(H,23,27)(H,24,28)(H,25,29)(H,26,30). The molecule has 4 amide bonds. The Bertz CT molecular complexity index is 519. The number of carbonyl (C=O) groups is 4. The minimum absolute atomic E-state index is 0.136. The predicted octanol–water partition coefficient (Wildman–Crippen LogP) is 1.68. The van der Waals surface area contributed by atoms with E-state index in [2.05, 4.69) is 21.3 Å². The summed E-state index contributed by atoms with van der Waals surface area (Å²) in [6, 6.07) is 0.272. The van der Waals surface area contributed by atoms with Gasteiger partial charge in [-0.1, -0.05) is 51.4 Å². The Hall–Kier alpha value is -2.12. The maximum absolute atomic E-state index is 11.9. The largest absolute Gasteiger partial charge is 0.348 e. The van der Waals surface area contributed by atoms with E-state index in [0.29, 0.717) is 13.1 Å². The summed E-state index contributed by atoms with van der Waals surface area (Å²) in [5.41, 5.74) is 0. The summed E-state index contributed by atoms with van der Waals surface area (Å²) in [5, 5.41) is 10.9. The molecule has 0 aromatic rings. The van der Waals surface area contributed by atoms with Gasteiger partial charge in [-0.3, -0.25) is 19.2 Å². The molecule has 4 N–H and O–H groups in total. The molecule has 0 saturated heterocycles. The van der Waals surface area contributed by atoms with E-state index in [1.165, 1.54) is 12.8 Å². The van der Waals surface area contributed by atoms with E-state index in [1.54, 1.807) is 0 Å². The molecule has 2 saturated carbocycles. The van der Waals surface area contributed by atoms with E-state index < -0.39 is 23.6 Å². The van der Waals surface area contributed by atoms with Gasteiger partial charge in [0.15, 0.2) is 0 Å². The van der Waals surface area contributed by atoms with Crippen LogP contribution < -0.4 is 21.3 Å². The first-order valence-corrected chi connectivity index (χ1v) is 11.7. The molecule has 8 nitrogen and oxygen atoms in total. The van der Waals surface area contributed by atoms with Crippen molar-refractivity contribution < 1.29 is 19.2 Å². The van der Waals surface area contributed by atoms with Crippen LogP contribution in [-0.2, 0) is 19.2 Å². The predicted molar refractivity (Wildman–Crippen MR) is 115 cm³/mol. The fraction of sp³-hybridized carbons (Fsp3) is 0.818. The maximum atomic E-state index is 11.9. The third-order valence-corrected chi connectivity index (χ3v) is 5.97. The highest BCUT2D eigenvalue weighted by molar-refractivity contribution is 6.35. The highest BCUT2D eigenvalue weighted by atomic mass is 16.2. The smallest absolute Gasteiger partial charge is 0.309 e. The summed E-state index contributed by atoms with van der Waals surface area (Å²) in [5.74, 6) is -2.18. The average Bonchev–Trinajstić information content (AvgIpc) is 2.76. The summed E-state index contributed by atoms with van der Waals surface area (Å²) >= 11 is 0. The van der Waals surface area contributed by atoms with Crippen LogP contribution in [0.25, 0.3) is 0 Å². The van der Waals surface area contributed by atoms with Crippen molar-refractivity contribution in [3.8, 4) is 0 Å². The SMILES string of the molecule is O=C(NCCCCCCNC(=O)C(=O)NC1CCCCC1)C(=O)NC1CCCCC1. The van der Waals surface area contributed by atoms with Gasteiger partial charge in [0.2, 0.25) is 0 Å². The molecule has 2 aliphatic carbocycles. The molecule has 2 rings (SSSR count). The molecule has 0 unspecified atom stereocenters. The number of hydrogen-bond donors (Lipinski definition) is 4.